The van der Waals surface area contributed by atoms with Gasteiger partial charge in [0.15, 0.2) is 0 Å². The molecular formula is CH5KMgOS2. The molecule has 0 aromatic carbocycles. The van der Waals surface area contributed by atoms with Crippen molar-refractivity contribution < 1.29 is 60.5 Å². The minimum absolute atomic E-state index is 0. The van der Waals surface area contributed by atoms with Gasteiger partial charge in [0.25, 0.3) is 0 Å². The third-order valence-electron chi connectivity index (χ3n) is 0. The van der Waals surface area contributed by atoms with Gasteiger partial charge in [-0.05, 0) is 0 Å². The average molecular weight is 161 g/mol. The molecule has 1 nitrogen and oxygen atoms in total. The zero-order valence-electron chi connectivity index (χ0n) is 6.51. The second kappa shape index (κ2) is 10.7. The summed E-state index contributed by atoms with van der Waals surface area (Å²) < 4.78 is -0.444. The standard InChI is InChI=1S/CH2OS2.K.Mg.3H/c2-1(3)4;;;;;/h(H2,2,3,4);;;;;/q;+1;+2;3*-1. The molecule has 0 rings (SSSR count). The van der Waals surface area contributed by atoms with Crippen LogP contribution < -0.4 is 51.4 Å². The zero-order valence-corrected chi connectivity index (χ0v) is 9.84. The van der Waals surface area contributed by atoms with E-state index in [4.69, 9.17) is 0 Å². The van der Waals surface area contributed by atoms with Gasteiger partial charge in [0, 0.05) is 0 Å². The van der Waals surface area contributed by atoms with Crippen molar-refractivity contribution in [2.45, 2.75) is 0 Å². The zero-order chi connectivity index (χ0) is 3.58. The van der Waals surface area contributed by atoms with E-state index in [1.54, 1.807) is 0 Å². The van der Waals surface area contributed by atoms with Crippen LogP contribution in [0.25, 0.3) is 0 Å². The Morgan fingerprint density at radius 2 is 1.50 bits per heavy atom. The monoisotopic (exact) mass is 160 g/mol. The van der Waals surface area contributed by atoms with Crippen LogP contribution in [0.5, 0.6) is 0 Å². The molecule has 0 atom stereocenters. The van der Waals surface area contributed by atoms with Gasteiger partial charge in [0.1, 0.15) is 0 Å². The van der Waals surface area contributed by atoms with Gasteiger partial charge >= 0.3 is 74.4 Å². The number of hydrogen-bond donors (Lipinski definition) is 2. The minimum Gasteiger partial charge on any atom is -1.00 e. The summed E-state index contributed by atoms with van der Waals surface area (Å²) in [6, 6.07) is 0. The van der Waals surface area contributed by atoms with Crippen LogP contribution in [0.3, 0.4) is 0 Å². The number of thiol groups is 2. The van der Waals surface area contributed by atoms with E-state index in [2.05, 4.69) is 25.3 Å². The smallest absolute Gasteiger partial charge is 1.00 e. The molecule has 0 fully saturated rings. The minimum atomic E-state index is -0.444. The predicted molar refractivity (Wildman–Crippen MR) is 32.5 cm³/mol. The number of carbonyl (C=O) groups is 1. The fourth-order valence-electron chi connectivity index (χ4n) is 0. The van der Waals surface area contributed by atoms with E-state index in [0.29, 0.717) is 0 Å². The molecule has 0 saturated heterocycles. The van der Waals surface area contributed by atoms with Gasteiger partial charge in [-0.1, -0.05) is 25.3 Å². The summed E-state index contributed by atoms with van der Waals surface area (Å²) in [5.41, 5.74) is 0. The van der Waals surface area contributed by atoms with E-state index in [9.17, 15) is 4.79 Å². The third-order valence-corrected chi connectivity index (χ3v) is 0. The largest absolute Gasteiger partial charge is 2.00 e. The van der Waals surface area contributed by atoms with E-state index in [0.717, 1.165) is 0 Å². The molecule has 0 amide bonds. The van der Waals surface area contributed by atoms with Crippen molar-refractivity contribution in [3.63, 3.8) is 0 Å². The van der Waals surface area contributed by atoms with E-state index in [-0.39, 0.29) is 78.7 Å². The van der Waals surface area contributed by atoms with Crippen molar-refractivity contribution in [3.8, 4) is 0 Å². The normalized spacial score (nSPS) is 4.33. The van der Waals surface area contributed by atoms with Crippen LogP contribution in [0.4, 0.5) is 4.79 Å². The van der Waals surface area contributed by atoms with E-state index < -0.39 is 4.45 Å². The van der Waals surface area contributed by atoms with Crippen LogP contribution in [-0.2, 0) is 0 Å². The summed E-state index contributed by atoms with van der Waals surface area (Å²) in [5, 5.41) is 0. The van der Waals surface area contributed by atoms with E-state index in [1.807, 2.05) is 0 Å². The molecule has 0 aliphatic rings. The van der Waals surface area contributed by atoms with Crippen LogP contribution in [-0.4, -0.2) is 27.5 Å². The van der Waals surface area contributed by atoms with Crippen LogP contribution >= 0.6 is 25.3 Å². The first kappa shape index (κ1) is 15.9. The Bertz CT molecular complexity index is 44.8. The summed E-state index contributed by atoms with van der Waals surface area (Å²) >= 11 is 6.38. The maximum absolute atomic E-state index is 9.17. The van der Waals surface area contributed by atoms with E-state index >= 15 is 0 Å². The number of hydrogen-bond acceptors (Lipinski definition) is 1. The molecule has 0 heterocycles. The van der Waals surface area contributed by atoms with Crippen molar-refractivity contribution in [2.75, 3.05) is 0 Å². The Kier molecular flexibility index (Phi) is 28.4. The topological polar surface area (TPSA) is 17.1 Å². The van der Waals surface area contributed by atoms with Crippen LogP contribution in [0.15, 0.2) is 0 Å². The molecule has 0 saturated carbocycles. The molecule has 6 heavy (non-hydrogen) atoms. The molecular weight excluding hydrogens is 156 g/mol. The summed E-state index contributed by atoms with van der Waals surface area (Å²) in [4.78, 5) is 9.17. The van der Waals surface area contributed by atoms with Gasteiger partial charge in [-0.25, -0.2) is 0 Å². The van der Waals surface area contributed by atoms with E-state index in [1.165, 1.54) is 0 Å². The second-order valence-corrected chi connectivity index (χ2v) is 1.45. The molecule has 0 radical (unpaired) electrons. The fourth-order valence-corrected chi connectivity index (χ4v) is 0. The summed E-state index contributed by atoms with van der Waals surface area (Å²) in [7, 11) is 0. The van der Waals surface area contributed by atoms with Crippen LogP contribution in [0, 0.1) is 0 Å². The predicted octanol–water partition coefficient (Wildman–Crippen LogP) is -2.07. The maximum Gasteiger partial charge on any atom is 2.00 e. The third kappa shape index (κ3) is 29.4. The Morgan fingerprint density at radius 3 is 1.50 bits per heavy atom. The van der Waals surface area contributed by atoms with Crippen molar-refractivity contribution in [1.82, 2.24) is 0 Å². The van der Waals surface area contributed by atoms with Crippen molar-refractivity contribution in [1.29, 1.82) is 0 Å². The van der Waals surface area contributed by atoms with Crippen molar-refractivity contribution in [2.24, 2.45) is 0 Å². The second-order valence-electron chi connectivity index (χ2n) is 0.283. The Balaban J connectivity index is -0.00000000450. The van der Waals surface area contributed by atoms with Gasteiger partial charge < -0.3 is 4.28 Å². The Hall–Kier alpha value is 2.77. The first-order valence-corrected chi connectivity index (χ1v) is 1.55. The van der Waals surface area contributed by atoms with Gasteiger partial charge in [-0.15, -0.1) is 0 Å². The van der Waals surface area contributed by atoms with Gasteiger partial charge in [0.05, 0.1) is 0 Å². The molecule has 5 heteroatoms. The molecule has 0 N–H and O–H groups in total. The molecule has 0 bridgehead atoms. The SMILES string of the molecule is O=C(S)S.[H-].[H-].[H-].[K+].[Mg+2]. The molecule has 30 valence electrons. The van der Waals surface area contributed by atoms with Gasteiger partial charge in [-0.2, -0.15) is 0 Å². The summed E-state index contributed by atoms with van der Waals surface area (Å²) in [6.07, 6.45) is 0. The van der Waals surface area contributed by atoms with Gasteiger partial charge in [0.2, 0.25) is 4.45 Å². The van der Waals surface area contributed by atoms with Crippen LogP contribution in [0.1, 0.15) is 4.28 Å². The molecule has 0 aliphatic carbocycles. The van der Waals surface area contributed by atoms with Crippen molar-refractivity contribution in [3.05, 3.63) is 0 Å². The van der Waals surface area contributed by atoms with Crippen molar-refractivity contribution >= 4 is 52.8 Å². The fraction of sp³-hybridized carbons (Fsp3) is 0. The Labute approximate surface area is 111 Å². The number of carbonyl (C=O) groups excluding carboxylic acids is 1. The molecule has 0 aliphatic heterocycles. The quantitative estimate of drug-likeness (QED) is 0.308. The summed E-state index contributed by atoms with van der Waals surface area (Å²) in [6.45, 7) is 0. The Morgan fingerprint density at radius 1 is 1.50 bits per heavy atom. The number of rotatable bonds is 0. The van der Waals surface area contributed by atoms with Crippen LogP contribution in [0.2, 0.25) is 0 Å². The maximum atomic E-state index is 9.17. The van der Waals surface area contributed by atoms with Gasteiger partial charge in [-0.3, -0.25) is 4.79 Å². The first-order valence-electron chi connectivity index (χ1n) is 0.651. The molecule has 0 spiro atoms. The molecule has 0 unspecified atom stereocenters. The molecule has 0 aromatic rings. The summed E-state index contributed by atoms with van der Waals surface area (Å²) in [5.74, 6) is 0. The average Bonchev–Trinajstić information content (AvgIpc) is 0.811. The molecule has 0 aromatic heterocycles. The first-order chi connectivity index (χ1) is 1.73.